The summed E-state index contributed by atoms with van der Waals surface area (Å²) in [4.78, 5) is 35.8. The Morgan fingerprint density at radius 2 is 2.10 bits per heavy atom. The smallest absolute Gasteiger partial charge is 0.258 e. The number of imide groups is 1. The quantitative estimate of drug-likeness (QED) is 0.717. The van der Waals surface area contributed by atoms with Gasteiger partial charge in [-0.05, 0) is 18.6 Å². The topological polar surface area (TPSA) is 72.5 Å². The molecule has 2 amide bonds. The molecule has 5 nitrogen and oxygen atoms in total. The average molecular weight is 271 g/mol. The Bertz CT molecular complexity index is 666. The molecule has 1 aliphatic carbocycles. The zero-order chi connectivity index (χ0) is 13.9. The van der Waals surface area contributed by atoms with E-state index in [4.69, 9.17) is 4.74 Å². The van der Waals surface area contributed by atoms with Crippen molar-refractivity contribution in [2.45, 2.75) is 37.2 Å². The molecular formula is C15H13NO4. The summed E-state index contributed by atoms with van der Waals surface area (Å²) in [5.74, 6) is 0.143. The van der Waals surface area contributed by atoms with Gasteiger partial charge >= 0.3 is 0 Å². The molecule has 1 spiro atoms. The van der Waals surface area contributed by atoms with E-state index in [-0.39, 0.29) is 30.1 Å². The Balaban J connectivity index is 1.97. The van der Waals surface area contributed by atoms with Crippen molar-refractivity contribution >= 4 is 17.6 Å². The van der Waals surface area contributed by atoms with Gasteiger partial charge in [-0.25, -0.2) is 0 Å². The minimum absolute atomic E-state index is 0.158. The van der Waals surface area contributed by atoms with Crippen LogP contribution in [0.1, 0.15) is 41.6 Å². The molecule has 0 saturated heterocycles. The number of rotatable bonds is 0. The molecular weight excluding hydrogens is 258 g/mol. The predicted molar refractivity (Wildman–Crippen MR) is 68.5 cm³/mol. The molecule has 1 saturated carbocycles. The molecule has 2 aliphatic heterocycles. The van der Waals surface area contributed by atoms with Gasteiger partial charge in [-0.3, -0.25) is 19.7 Å². The summed E-state index contributed by atoms with van der Waals surface area (Å²) in [6.45, 7) is 0. The number of Topliss-reactive ketones (excluding diaryl/α,β-unsaturated/α-hetero) is 1. The van der Waals surface area contributed by atoms with Crippen molar-refractivity contribution in [3.63, 3.8) is 0 Å². The van der Waals surface area contributed by atoms with Crippen molar-refractivity contribution in [1.29, 1.82) is 0 Å². The molecule has 2 unspecified atom stereocenters. The third-order valence-electron chi connectivity index (χ3n) is 4.65. The summed E-state index contributed by atoms with van der Waals surface area (Å²) in [5, 5.41) is 2.41. The number of nitrogens with one attached hydrogen (secondary N) is 1. The van der Waals surface area contributed by atoms with Crippen LogP contribution >= 0.6 is 0 Å². The van der Waals surface area contributed by atoms with Gasteiger partial charge in [-0.15, -0.1) is 0 Å². The number of carbonyl (C=O) groups is 3. The molecule has 1 aromatic rings. The van der Waals surface area contributed by atoms with E-state index in [1.807, 2.05) is 6.07 Å². The minimum atomic E-state index is -0.518. The van der Waals surface area contributed by atoms with Crippen molar-refractivity contribution in [3.8, 4) is 5.75 Å². The third kappa shape index (κ3) is 1.35. The van der Waals surface area contributed by atoms with E-state index in [2.05, 4.69) is 5.32 Å². The van der Waals surface area contributed by atoms with Crippen LogP contribution in [0.25, 0.3) is 0 Å². The lowest BCUT2D eigenvalue weighted by Crippen LogP contribution is -2.45. The van der Waals surface area contributed by atoms with Crippen LogP contribution in [0.5, 0.6) is 5.75 Å². The van der Waals surface area contributed by atoms with Crippen molar-refractivity contribution in [3.05, 3.63) is 29.3 Å². The molecule has 0 radical (unpaired) electrons. The van der Waals surface area contributed by atoms with Crippen molar-refractivity contribution in [2.24, 2.45) is 0 Å². The summed E-state index contributed by atoms with van der Waals surface area (Å²) in [5.41, 5.74) is 0.807. The van der Waals surface area contributed by atoms with Crippen LogP contribution in [0.4, 0.5) is 0 Å². The first-order valence-electron chi connectivity index (χ1n) is 6.76. The zero-order valence-electron chi connectivity index (χ0n) is 10.8. The Labute approximate surface area is 115 Å². The van der Waals surface area contributed by atoms with Gasteiger partial charge in [-0.2, -0.15) is 0 Å². The molecule has 5 heteroatoms. The Morgan fingerprint density at radius 3 is 2.95 bits per heavy atom. The Hall–Kier alpha value is -2.17. The molecule has 0 bridgehead atoms. The van der Waals surface area contributed by atoms with Gasteiger partial charge in [0.2, 0.25) is 5.91 Å². The van der Waals surface area contributed by atoms with Gasteiger partial charge in [0.05, 0.1) is 0 Å². The van der Waals surface area contributed by atoms with E-state index < -0.39 is 5.41 Å². The van der Waals surface area contributed by atoms with Crippen molar-refractivity contribution in [1.82, 2.24) is 5.32 Å². The van der Waals surface area contributed by atoms with E-state index in [9.17, 15) is 14.4 Å². The number of ether oxygens (including phenoxy) is 1. The fourth-order valence-corrected chi connectivity index (χ4v) is 3.77. The first-order chi connectivity index (χ1) is 9.60. The standard InChI is InChI=1S/C15H13NO4/c17-8-4-5-15-7-12(18)16-14(19)9-2-1-3-10(13(9)15)20-11(15)6-8/h1-3,11H,4-7H2,(H,16,18,19). The van der Waals surface area contributed by atoms with Crippen molar-refractivity contribution < 1.29 is 19.1 Å². The van der Waals surface area contributed by atoms with Gasteiger partial charge in [0.25, 0.3) is 5.91 Å². The fraction of sp³-hybridized carbons (Fsp3) is 0.400. The van der Waals surface area contributed by atoms with E-state index in [0.717, 1.165) is 5.56 Å². The molecule has 1 N–H and O–H groups in total. The van der Waals surface area contributed by atoms with Crippen LogP contribution in [0.15, 0.2) is 18.2 Å². The second kappa shape index (κ2) is 3.69. The predicted octanol–water partition coefficient (Wildman–Crippen LogP) is 1.10. The highest BCUT2D eigenvalue weighted by Crippen LogP contribution is 2.53. The number of ketones is 1. The highest BCUT2D eigenvalue weighted by molar-refractivity contribution is 6.08. The second-order valence-corrected chi connectivity index (χ2v) is 5.74. The second-order valence-electron chi connectivity index (χ2n) is 5.74. The van der Waals surface area contributed by atoms with E-state index >= 15 is 0 Å². The first-order valence-corrected chi connectivity index (χ1v) is 6.76. The number of amides is 2. The number of carbonyl (C=O) groups excluding carboxylic acids is 3. The maximum atomic E-state index is 12.1. The maximum Gasteiger partial charge on any atom is 0.258 e. The lowest BCUT2D eigenvalue weighted by Gasteiger charge is -2.36. The van der Waals surface area contributed by atoms with Gasteiger partial charge in [-0.1, -0.05) is 6.07 Å². The lowest BCUT2D eigenvalue weighted by molar-refractivity contribution is -0.128. The summed E-state index contributed by atoms with van der Waals surface area (Å²) in [6.07, 6.45) is 1.21. The monoisotopic (exact) mass is 271 g/mol. The van der Waals surface area contributed by atoms with Crippen LogP contribution in [0, 0.1) is 0 Å². The minimum Gasteiger partial charge on any atom is -0.489 e. The van der Waals surface area contributed by atoms with Crippen LogP contribution in [-0.4, -0.2) is 23.7 Å². The summed E-state index contributed by atoms with van der Waals surface area (Å²) in [6, 6.07) is 5.28. The maximum absolute atomic E-state index is 12.1. The summed E-state index contributed by atoms with van der Waals surface area (Å²) >= 11 is 0. The summed E-state index contributed by atoms with van der Waals surface area (Å²) in [7, 11) is 0. The lowest BCUT2D eigenvalue weighted by atomic mass is 9.65. The number of hydrogen-bond donors (Lipinski definition) is 1. The van der Waals surface area contributed by atoms with E-state index in [0.29, 0.717) is 30.6 Å². The highest BCUT2D eigenvalue weighted by atomic mass is 16.5. The molecule has 1 fully saturated rings. The van der Waals surface area contributed by atoms with Crippen LogP contribution < -0.4 is 10.1 Å². The van der Waals surface area contributed by atoms with Gasteiger partial charge < -0.3 is 4.74 Å². The molecule has 3 aliphatic rings. The SMILES string of the molecule is O=C1CCC23CC(=O)NC(=O)c4cccc(c42)OC3C1. The summed E-state index contributed by atoms with van der Waals surface area (Å²) < 4.78 is 5.90. The molecule has 2 atom stereocenters. The van der Waals surface area contributed by atoms with Crippen LogP contribution in [0.3, 0.4) is 0 Å². The number of hydrogen-bond acceptors (Lipinski definition) is 4. The molecule has 20 heavy (non-hydrogen) atoms. The highest BCUT2D eigenvalue weighted by Gasteiger charge is 2.55. The number of benzene rings is 1. The Morgan fingerprint density at radius 1 is 1.25 bits per heavy atom. The molecule has 2 heterocycles. The van der Waals surface area contributed by atoms with Gasteiger partial charge in [0.15, 0.2) is 0 Å². The van der Waals surface area contributed by atoms with Crippen molar-refractivity contribution in [2.75, 3.05) is 0 Å². The van der Waals surface area contributed by atoms with E-state index in [1.54, 1.807) is 12.1 Å². The van der Waals surface area contributed by atoms with E-state index in [1.165, 1.54) is 0 Å². The van der Waals surface area contributed by atoms with Crippen LogP contribution in [0.2, 0.25) is 0 Å². The molecule has 0 aromatic heterocycles. The van der Waals surface area contributed by atoms with Crippen LogP contribution in [-0.2, 0) is 15.0 Å². The van der Waals surface area contributed by atoms with Gasteiger partial charge in [0, 0.05) is 35.8 Å². The fourth-order valence-electron chi connectivity index (χ4n) is 3.77. The average Bonchev–Trinajstić information content (AvgIpc) is 2.66. The molecule has 1 aromatic carbocycles. The zero-order valence-corrected chi connectivity index (χ0v) is 10.8. The molecule has 102 valence electrons. The Kier molecular flexibility index (Phi) is 2.14. The third-order valence-corrected chi connectivity index (χ3v) is 4.65. The van der Waals surface area contributed by atoms with Gasteiger partial charge in [0.1, 0.15) is 17.6 Å². The molecule has 4 rings (SSSR count). The first kappa shape index (κ1) is 11.6. The largest absolute Gasteiger partial charge is 0.489 e. The normalized spacial score (nSPS) is 31.0.